The summed E-state index contributed by atoms with van der Waals surface area (Å²) in [6, 6.07) is 3.05. The van der Waals surface area contributed by atoms with Crippen LogP contribution in [0.2, 0.25) is 0 Å². The van der Waals surface area contributed by atoms with Crippen LogP contribution in [-0.2, 0) is 4.79 Å². The summed E-state index contributed by atoms with van der Waals surface area (Å²) in [6.45, 7) is 14.5. The Balaban J connectivity index is 1.74. The Morgan fingerprint density at radius 1 is 1.34 bits per heavy atom. The lowest BCUT2D eigenvalue weighted by molar-refractivity contribution is -0.130. The van der Waals surface area contributed by atoms with Gasteiger partial charge in [0.15, 0.2) is 11.6 Å². The molecule has 0 aliphatic carbocycles. The quantitative estimate of drug-likeness (QED) is 0.205. The van der Waals surface area contributed by atoms with Gasteiger partial charge in [-0.1, -0.05) is 32.6 Å². The third-order valence-electron chi connectivity index (χ3n) is 5.50. The lowest BCUT2D eigenvalue weighted by Crippen LogP contribution is -2.47. The minimum atomic E-state index is -0.969. The molecule has 176 valence electrons. The lowest BCUT2D eigenvalue weighted by Gasteiger charge is -2.33. The number of piperidine rings is 1. The Kier molecular flexibility index (Phi) is 9.90. The van der Waals surface area contributed by atoms with Crippen LogP contribution in [0.4, 0.5) is 8.78 Å². The molecule has 1 fully saturated rings. The van der Waals surface area contributed by atoms with Gasteiger partial charge in [0.25, 0.3) is 0 Å². The Labute approximate surface area is 194 Å². The molecule has 1 N–H and O–H groups in total. The number of halogens is 2. The van der Waals surface area contributed by atoms with Crippen LogP contribution < -0.4 is 10.1 Å². The van der Waals surface area contributed by atoms with E-state index in [1.54, 1.807) is 24.2 Å². The monoisotopic (exact) mass is 465 g/mol. The summed E-state index contributed by atoms with van der Waals surface area (Å²) < 4.78 is 35.1. The summed E-state index contributed by atoms with van der Waals surface area (Å²) in [6.07, 6.45) is 6.29. The van der Waals surface area contributed by atoms with Crippen molar-refractivity contribution in [2.45, 2.75) is 52.5 Å². The second kappa shape index (κ2) is 12.2. The Morgan fingerprint density at radius 3 is 2.66 bits per heavy atom. The lowest BCUT2D eigenvalue weighted by atomic mass is 9.86. The fourth-order valence-electron chi connectivity index (χ4n) is 3.37. The molecule has 1 aromatic carbocycles. The van der Waals surface area contributed by atoms with Crippen LogP contribution in [0.5, 0.6) is 5.75 Å². The fraction of sp³-hybridized carbons (Fsp3) is 0.500. The second-order valence-corrected chi connectivity index (χ2v) is 9.70. The van der Waals surface area contributed by atoms with Gasteiger partial charge < -0.3 is 10.1 Å². The topological polar surface area (TPSA) is 53.9 Å². The SMILES string of the molecule is C=C/C(=C\N=C)SN1CCC(NC(=O)C(C)(C)CCCOc2ccc(C)c(F)c2F)CC1. The average molecular weight is 466 g/mol. The number of allylic oxidation sites excluding steroid dienone is 1. The van der Waals surface area contributed by atoms with Crippen LogP contribution in [0.25, 0.3) is 0 Å². The summed E-state index contributed by atoms with van der Waals surface area (Å²) in [5, 5.41) is 3.17. The molecule has 2 rings (SSSR count). The van der Waals surface area contributed by atoms with Crippen LogP contribution in [-0.4, -0.2) is 42.7 Å². The minimum Gasteiger partial charge on any atom is -0.490 e. The highest BCUT2D eigenvalue weighted by Gasteiger charge is 2.30. The molecular formula is C24H33F2N3O2S. The van der Waals surface area contributed by atoms with E-state index in [0.717, 1.165) is 30.8 Å². The largest absolute Gasteiger partial charge is 0.490 e. The van der Waals surface area contributed by atoms with Crippen molar-refractivity contribution in [1.82, 2.24) is 9.62 Å². The molecule has 1 saturated heterocycles. The predicted octanol–water partition coefficient (Wildman–Crippen LogP) is 5.42. The van der Waals surface area contributed by atoms with Gasteiger partial charge in [-0.2, -0.15) is 4.39 Å². The van der Waals surface area contributed by atoms with Crippen molar-refractivity contribution < 1.29 is 18.3 Å². The number of nitrogens with zero attached hydrogens (tertiary/aromatic N) is 2. The number of hydrogen-bond acceptors (Lipinski definition) is 5. The summed E-state index contributed by atoms with van der Waals surface area (Å²) in [5.74, 6) is -1.96. The van der Waals surface area contributed by atoms with E-state index in [1.807, 2.05) is 13.8 Å². The van der Waals surface area contributed by atoms with Crippen LogP contribution in [0.3, 0.4) is 0 Å². The molecule has 0 saturated carbocycles. The first-order valence-corrected chi connectivity index (χ1v) is 11.5. The van der Waals surface area contributed by atoms with Crippen molar-refractivity contribution >= 4 is 24.6 Å². The molecule has 32 heavy (non-hydrogen) atoms. The number of hydrogen-bond donors (Lipinski definition) is 1. The molecule has 1 aliphatic heterocycles. The van der Waals surface area contributed by atoms with Crippen LogP contribution >= 0.6 is 11.9 Å². The number of carbonyl (C=O) groups excluding carboxylic acids is 1. The fourth-order valence-corrected chi connectivity index (χ4v) is 4.26. The van der Waals surface area contributed by atoms with Gasteiger partial charge in [-0.25, -0.2) is 8.70 Å². The zero-order valence-electron chi connectivity index (χ0n) is 19.1. The number of rotatable bonds is 11. The highest BCUT2D eigenvalue weighted by Crippen LogP contribution is 2.28. The van der Waals surface area contributed by atoms with Gasteiger partial charge in [-0.05, 0) is 62.9 Å². The Morgan fingerprint density at radius 2 is 2.03 bits per heavy atom. The van der Waals surface area contributed by atoms with Crippen molar-refractivity contribution in [3.63, 3.8) is 0 Å². The maximum Gasteiger partial charge on any atom is 0.225 e. The van der Waals surface area contributed by atoms with Crippen LogP contribution in [0.15, 0.2) is 40.9 Å². The molecule has 5 nitrogen and oxygen atoms in total. The van der Waals surface area contributed by atoms with E-state index in [0.29, 0.717) is 12.8 Å². The molecule has 0 atom stereocenters. The molecule has 1 heterocycles. The van der Waals surface area contributed by atoms with Crippen molar-refractivity contribution in [3.8, 4) is 5.75 Å². The molecule has 1 aromatic rings. The third-order valence-corrected chi connectivity index (χ3v) is 6.61. The van der Waals surface area contributed by atoms with E-state index >= 15 is 0 Å². The first-order valence-electron chi connectivity index (χ1n) is 10.8. The molecule has 0 radical (unpaired) electrons. The molecule has 0 bridgehead atoms. The van der Waals surface area contributed by atoms with E-state index in [-0.39, 0.29) is 29.9 Å². The third kappa shape index (κ3) is 7.45. The molecule has 1 aliphatic rings. The molecular weight excluding hydrogens is 432 g/mol. The van der Waals surface area contributed by atoms with Gasteiger partial charge in [0.2, 0.25) is 11.7 Å². The van der Waals surface area contributed by atoms with Gasteiger partial charge in [-0.15, -0.1) is 0 Å². The Bertz CT molecular complexity index is 850. The molecule has 0 unspecified atom stereocenters. The van der Waals surface area contributed by atoms with Crippen molar-refractivity contribution in [2.24, 2.45) is 10.4 Å². The number of ether oxygens (including phenoxy) is 1. The molecule has 1 amide bonds. The molecule has 0 spiro atoms. The number of aliphatic imine (C=N–C) groups is 1. The zero-order valence-corrected chi connectivity index (χ0v) is 19.9. The van der Waals surface area contributed by atoms with E-state index in [9.17, 15) is 13.6 Å². The van der Waals surface area contributed by atoms with E-state index < -0.39 is 17.0 Å². The summed E-state index contributed by atoms with van der Waals surface area (Å²) in [5.41, 5.74) is -0.343. The first-order chi connectivity index (χ1) is 15.2. The van der Waals surface area contributed by atoms with Gasteiger partial charge in [0.05, 0.1) is 6.61 Å². The van der Waals surface area contributed by atoms with Gasteiger partial charge >= 0.3 is 0 Å². The molecule has 8 heteroatoms. The first kappa shape index (κ1) is 26.1. The zero-order chi connectivity index (χ0) is 23.7. The number of aryl methyl sites for hydroxylation is 1. The normalized spacial score (nSPS) is 16.0. The summed E-state index contributed by atoms with van der Waals surface area (Å²) in [7, 11) is 0. The number of amides is 1. The smallest absolute Gasteiger partial charge is 0.225 e. The van der Waals surface area contributed by atoms with Crippen LogP contribution in [0.1, 0.15) is 45.1 Å². The van der Waals surface area contributed by atoms with Crippen molar-refractivity contribution in [1.29, 1.82) is 0 Å². The summed E-state index contributed by atoms with van der Waals surface area (Å²) in [4.78, 5) is 17.5. The number of benzene rings is 1. The highest BCUT2D eigenvalue weighted by molar-refractivity contribution is 8.01. The maximum absolute atomic E-state index is 13.9. The number of nitrogens with one attached hydrogen (secondary N) is 1. The highest BCUT2D eigenvalue weighted by atomic mass is 32.2. The maximum atomic E-state index is 13.9. The van der Waals surface area contributed by atoms with E-state index in [1.165, 1.54) is 19.1 Å². The van der Waals surface area contributed by atoms with E-state index in [2.05, 4.69) is 27.9 Å². The molecule has 0 aromatic heterocycles. The van der Waals surface area contributed by atoms with Crippen molar-refractivity contribution in [3.05, 3.63) is 53.1 Å². The van der Waals surface area contributed by atoms with E-state index in [4.69, 9.17) is 4.74 Å². The predicted molar refractivity (Wildman–Crippen MR) is 128 cm³/mol. The average Bonchev–Trinajstić information content (AvgIpc) is 2.77. The minimum absolute atomic E-state index is 0.00121. The number of carbonyl (C=O) groups is 1. The van der Waals surface area contributed by atoms with Gasteiger partial charge in [-0.3, -0.25) is 9.79 Å². The standard InChI is InChI=1S/C24H33F2N3O2S/c1-6-19(16-27-5)32-29-13-10-18(11-14-29)28-23(30)24(3,4)12-7-15-31-20-9-8-17(2)21(25)22(20)26/h6,8-9,16,18H,1,5,7,10-15H2,2-4H3,(H,28,30)/b19-16+. The van der Waals surface area contributed by atoms with Crippen molar-refractivity contribution in [2.75, 3.05) is 19.7 Å². The van der Waals surface area contributed by atoms with Gasteiger partial charge in [0.1, 0.15) is 0 Å². The summed E-state index contributed by atoms with van der Waals surface area (Å²) >= 11 is 1.60. The van der Waals surface area contributed by atoms with Gasteiger partial charge in [0, 0.05) is 35.7 Å². The Hall–Kier alpha value is -2.19. The van der Waals surface area contributed by atoms with Crippen LogP contribution in [0, 0.1) is 24.0 Å². The second-order valence-electron chi connectivity index (χ2n) is 8.53.